The van der Waals surface area contributed by atoms with Crippen molar-refractivity contribution in [3.05, 3.63) is 0 Å². The average molecular weight is 158 g/mol. The first-order valence-electron chi connectivity index (χ1n) is 4.28. The van der Waals surface area contributed by atoms with Crippen LogP contribution in [0, 0.1) is 0 Å². The zero-order valence-corrected chi connectivity index (χ0v) is 7.47. The highest BCUT2D eigenvalue weighted by Gasteiger charge is 2.15. The summed E-state index contributed by atoms with van der Waals surface area (Å²) in [7, 11) is 1.76. The molecule has 1 fully saturated rings. The lowest BCUT2D eigenvalue weighted by Crippen LogP contribution is -2.48. The first kappa shape index (κ1) is 8.97. The number of hydrogen-bond acceptors (Lipinski definition) is 3. The molecule has 1 heterocycles. The monoisotopic (exact) mass is 158 g/mol. The molecule has 0 unspecified atom stereocenters. The highest BCUT2D eigenvalue weighted by Crippen LogP contribution is 2.00. The van der Waals surface area contributed by atoms with Crippen LogP contribution in [0.15, 0.2) is 0 Å². The molecule has 3 heteroatoms. The van der Waals surface area contributed by atoms with Crippen molar-refractivity contribution in [2.45, 2.75) is 13.0 Å². The van der Waals surface area contributed by atoms with Crippen molar-refractivity contribution in [3.8, 4) is 0 Å². The third-order valence-corrected chi connectivity index (χ3v) is 2.18. The first-order chi connectivity index (χ1) is 5.34. The second-order valence-corrected chi connectivity index (χ2v) is 3.09. The molecule has 1 rings (SSSR count). The maximum Gasteiger partial charge on any atom is 0.0615 e. The maximum absolute atomic E-state index is 5.09. The Hall–Kier alpha value is -0.120. The van der Waals surface area contributed by atoms with Gasteiger partial charge in [-0.2, -0.15) is 0 Å². The third kappa shape index (κ3) is 2.77. The number of rotatable bonds is 3. The normalized spacial score (nSPS) is 23.5. The van der Waals surface area contributed by atoms with E-state index in [0.717, 1.165) is 32.8 Å². The van der Waals surface area contributed by atoms with E-state index in [-0.39, 0.29) is 0 Å². The van der Waals surface area contributed by atoms with Crippen molar-refractivity contribution in [3.63, 3.8) is 0 Å². The number of piperazine rings is 1. The van der Waals surface area contributed by atoms with Crippen molar-refractivity contribution in [2.75, 3.05) is 39.9 Å². The predicted molar refractivity (Wildman–Crippen MR) is 45.8 cm³/mol. The molecule has 0 aliphatic carbocycles. The van der Waals surface area contributed by atoms with Crippen LogP contribution in [0.4, 0.5) is 0 Å². The second-order valence-electron chi connectivity index (χ2n) is 3.09. The van der Waals surface area contributed by atoms with Gasteiger partial charge in [0.25, 0.3) is 0 Å². The van der Waals surface area contributed by atoms with Crippen molar-refractivity contribution >= 4 is 0 Å². The van der Waals surface area contributed by atoms with Crippen LogP contribution in [-0.4, -0.2) is 50.8 Å². The summed E-state index contributed by atoms with van der Waals surface area (Å²) in [5, 5.41) is 3.33. The highest BCUT2D eigenvalue weighted by molar-refractivity contribution is 4.72. The van der Waals surface area contributed by atoms with Crippen LogP contribution >= 0.6 is 0 Å². The van der Waals surface area contributed by atoms with Crippen LogP contribution in [-0.2, 0) is 4.74 Å². The van der Waals surface area contributed by atoms with E-state index in [4.69, 9.17) is 4.74 Å². The Balaban J connectivity index is 2.21. The molecule has 1 atom stereocenters. The topological polar surface area (TPSA) is 24.5 Å². The molecule has 0 spiro atoms. The molecule has 0 aromatic rings. The van der Waals surface area contributed by atoms with Gasteiger partial charge in [0.1, 0.15) is 0 Å². The largest absolute Gasteiger partial charge is 0.383 e. The van der Waals surface area contributed by atoms with Gasteiger partial charge >= 0.3 is 0 Å². The summed E-state index contributed by atoms with van der Waals surface area (Å²) in [6.45, 7) is 7.62. The molecule has 0 radical (unpaired) electrons. The minimum absolute atomic E-state index is 0.571. The lowest BCUT2D eigenvalue weighted by atomic mass is 10.2. The summed E-state index contributed by atoms with van der Waals surface area (Å²) < 4.78 is 5.09. The van der Waals surface area contributed by atoms with E-state index < -0.39 is 0 Å². The number of methoxy groups -OCH3 is 1. The summed E-state index contributed by atoms with van der Waals surface area (Å²) >= 11 is 0. The second kappa shape index (κ2) is 4.70. The summed E-state index contributed by atoms with van der Waals surface area (Å²) in [5.74, 6) is 0. The Morgan fingerprint density at radius 1 is 1.45 bits per heavy atom. The molecular formula is C8H18N2O. The van der Waals surface area contributed by atoms with Gasteiger partial charge in [0.05, 0.1) is 6.61 Å². The van der Waals surface area contributed by atoms with Gasteiger partial charge in [0.2, 0.25) is 0 Å². The lowest BCUT2D eigenvalue weighted by molar-refractivity contribution is 0.0909. The van der Waals surface area contributed by atoms with Crippen LogP contribution in [0.2, 0.25) is 0 Å². The summed E-state index contributed by atoms with van der Waals surface area (Å²) in [6, 6.07) is 0.571. The van der Waals surface area contributed by atoms with Crippen molar-refractivity contribution < 1.29 is 4.74 Å². The molecule has 0 saturated carbocycles. The Morgan fingerprint density at radius 3 is 2.64 bits per heavy atom. The van der Waals surface area contributed by atoms with E-state index in [2.05, 4.69) is 17.1 Å². The van der Waals surface area contributed by atoms with Gasteiger partial charge in [0, 0.05) is 39.3 Å². The van der Waals surface area contributed by atoms with Gasteiger partial charge in [-0.3, -0.25) is 4.90 Å². The van der Waals surface area contributed by atoms with Gasteiger partial charge in [-0.25, -0.2) is 0 Å². The van der Waals surface area contributed by atoms with Crippen LogP contribution < -0.4 is 5.32 Å². The Kier molecular flexibility index (Phi) is 3.83. The van der Waals surface area contributed by atoms with E-state index in [1.54, 1.807) is 7.11 Å². The molecule has 0 aromatic heterocycles. The molecule has 1 saturated heterocycles. The Morgan fingerprint density at radius 2 is 2.09 bits per heavy atom. The molecule has 3 nitrogen and oxygen atoms in total. The molecule has 66 valence electrons. The minimum atomic E-state index is 0.571. The van der Waals surface area contributed by atoms with Gasteiger partial charge in [0.15, 0.2) is 0 Å². The molecule has 1 aliphatic heterocycles. The van der Waals surface area contributed by atoms with E-state index in [0.29, 0.717) is 6.04 Å². The van der Waals surface area contributed by atoms with E-state index in [1.165, 1.54) is 0 Å². The van der Waals surface area contributed by atoms with E-state index >= 15 is 0 Å². The van der Waals surface area contributed by atoms with E-state index in [9.17, 15) is 0 Å². The lowest BCUT2D eigenvalue weighted by Gasteiger charge is -2.32. The summed E-state index contributed by atoms with van der Waals surface area (Å²) in [4.78, 5) is 2.46. The highest BCUT2D eigenvalue weighted by atomic mass is 16.5. The molecule has 0 bridgehead atoms. The molecule has 1 N–H and O–H groups in total. The zero-order chi connectivity index (χ0) is 8.10. The van der Waals surface area contributed by atoms with E-state index in [1.807, 2.05) is 0 Å². The van der Waals surface area contributed by atoms with Crippen LogP contribution in [0.25, 0.3) is 0 Å². The molecule has 0 aromatic carbocycles. The summed E-state index contributed by atoms with van der Waals surface area (Å²) in [5.41, 5.74) is 0. The molecule has 11 heavy (non-hydrogen) atoms. The quantitative estimate of drug-likeness (QED) is 0.622. The predicted octanol–water partition coefficient (Wildman–Crippen LogP) is -0.0735. The number of nitrogens with zero attached hydrogens (tertiary/aromatic N) is 1. The fourth-order valence-corrected chi connectivity index (χ4v) is 1.47. The van der Waals surface area contributed by atoms with Crippen LogP contribution in [0.1, 0.15) is 6.92 Å². The van der Waals surface area contributed by atoms with Crippen molar-refractivity contribution in [1.82, 2.24) is 10.2 Å². The fourth-order valence-electron chi connectivity index (χ4n) is 1.47. The van der Waals surface area contributed by atoms with Gasteiger partial charge in [-0.1, -0.05) is 0 Å². The first-order valence-corrected chi connectivity index (χ1v) is 4.28. The SMILES string of the molecule is COC[C@H](C)N1CCNCC1. The molecule has 1 aliphatic rings. The van der Waals surface area contributed by atoms with Crippen molar-refractivity contribution in [2.24, 2.45) is 0 Å². The maximum atomic E-state index is 5.09. The smallest absolute Gasteiger partial charge is 0.0615 e. The molecule has 0 amide bonds. The van der Waals surface area contributed by atoms with Crippen LogP contribution in [0.3, 0.4) is 0 Å². The van der Waals surface area contributed by atoms with Gasteiger partial charge in [-0.15, -0.1) is 0 Å². The fraction of sp³-hybridized carbons (Fsp3) is 1.00. The zero-order valence-electron chi connectivity index (χ0n) is 7.47. The number of hydrogen-bond donors (Lipinski definition) is 1. The van der Waals surface area contributed by atoms with Crippen molar-refractivity contribution in [1.29, 1.82) is 0 Å². The van der Waals surface area contributed by atoms with Crippen LogP contribution in [0.5, 0.6) is 0 Å². The molecular weight excluding hydrogens is 140 g/mol. The standard InChI is InChI=1S/C8H18N2O/c1-8(7-11-2)10-5-3-9-4-6-10/h8-9H,3-7H2,1-2H3/t8-/m0/s1. The third-order valence-electron chi connectivity index (χ3n) is 2.18. The number of ether oxygens (including phenoxy) is 1. The minimum Gasteiger partial charge on any atom is -0.383 e. The van der Waals surface area contributed by atoms with Gasteiger partial charge in [-0.05, 0) is 6.92 Å². The van der Waals surface area contributed by atoms with Gasteiger partial charge < -0.3 is 10.1 Å². The number of nitrogens with one attached hydrogen (secondary N) is 1. The summed E-state index contributed by atoms with van der Waals surface area (Å²) in [6.07, 6.45) is 0. The average Bonchev–Trinajstić information content (AvgIpc) is 2.07. The Labute approximate surface area is 68.7 Å². The Bertz CT molecular complexity index is 102.